The predicted molar refractivity (Wildman–Crippen MR) is 144 cm³/mol. The number of nitrogens with zero attached hydrogens (tertiary/aromatic N) is 3. The Morgan fingerprint density at radius 3 is 2.47 bits per heavy atom. The molecule has 0 bridgehead atoms. The van der Waals surface area contributed by atoms with E-state index in [-0.39, 0.29) is 11.3 Å². The van der Waals surface area contributed by atoms with E-state index < -0.39 is 0 Å². The number of aromatic nitrogens is 2. The summed E-state index contributed by atoms with van der Waals surface area (Å²) < 4.78 is 0. The van der Waals surface area contributed by atoms with Crippen LogP contribution in [0.2, 0.25) is 0 Å². The maximum atomic E-state index is 13.6. The fourth-order valence-electron chi connectivity index (χ4n) is 5.53. The van der Waals surface area contributed by atoms with Crippen molar-refractivity contribution in [3.05, 3.63) is 101 Å². The lowest BCUT2D eigenvalue weighted by molar-refractivity contribution is 0.0948. The van der Waals surface area contributed by atoms with Crippen molar-refractivity contribution in [3.63, 3.8) is 0 Å². The summed E-state index contributed by atoms with van der Waals surface area (Å²) in [7, 11) is 0. The molecule has 0 unspecified atom stereocenters. The fourth-order valence-corrected chi connectivity index (χ4v) is 5.53. The lowest BCUT2D eigenvalue weighted by Crippen LogP contribution is -2.35. The summed E-state index contributed by atoms with van der Waals surface area (Å²) in [5.41, 5.74) is 3.57. The molecule has 1 saturated heterocycles. The second kappa shape index (κ2) is 9.38. The van der Waals surface area contributed by atoms with Crippen LogP contribution >= 0.6 is 0 Å². The molecule has 4 aromatic rings. The molecule has 1 aromatic heterocycles. The molecule has 3 aromatic carbocycles. The first kappa shape index (κ1) is 22.7. The monoisotopic (exact) mass is 476 g/mol. The second-order valence-corrected chi connectivity index (χ2v) is 10.4. The van der Waals surface area contributed by atoms with Gasteiger partial charge in [0.2, 0.25) is 5.95 Å². The van der Waals surface area contributed by atoms with Gasteiger partial charge in [-0.15, -0.1) is 0 Å². The summed E-state index contributed by atoms with van der Waals surface area (Å²) in [5, 5.41) is 5.51. The molecular weight excluding hydrogens is 444 g/mol. The molecule has 6 rings (SSSR count). The molecule has 2 aliphatic rings. The molecule has 0 radical (unpaired) electrons. The van der Waals surface area contributed by atoms with Crippen molar-refractivity contribution in [1.29, 1.82) is 0 Å². The third-order valence-corrected chi connectivity index (χ3v) is 7.94. The average Bonchev–Trinajstić information content (AvgIpc) is 3.74. The normalized spacial score (nSPS) is 17.2. The zero-order valence-corrected chi connectivity index (χ0v) is 20.8. The van der Waals surface area contributed by atoms with Gasteiger partial charge in [0, 0.05) is 31.2 Å². The van der Waals surface area contributed by atoms with E-state index >= 15 is 0 Å². The third kappa shape index (κ3) is 4.23. The second-order valence-electron chi connectivity index (χ2n) is 10.4. The van der Waals surface area contributed by atoms with Crippen molar-refractivity contribution in [2.45, 2.75) is 44.6 Å². The van der Waals surface area contributed by atoms with E-state index in [1.54, 1.807) is 6.20 Å². The van der Waals surface area contributed by atoms with Crippen molar-refractivity contribution in [2.75, 3.05) is 18.0 Å². The van der Waals surface area contributed by atoms with Gasteiger partial charge < -0.3 is 10.2 Å². The zero-order valence-electron chi connectivity index (χ0n) is 20.8. The van der Waals surface area contributed by atoms with Crippen LogP contribution in [0, 0.1) is 5.92 Å². The first-order valence-corrected chi connectivity index (χ1v) is 13.1. The number of anilines is 1. The van der Waals surface area contributed by atoms with Crippen LogP contribution in [0.15, 0.2) is 79.0 Å². The SMILES string of the molecule is CC1CCN(c2ncc(C(=O)NCc3cccc4ccccc34)c(C3(c4ccccc4)CC3)n2)CC1. The minimum Gasteiger partial charge on any atom is -0.348 e. The summed E-state index contributed by atoms with van der Waals surface area (Å²) in [6.45, 7) is 4.70. The van der Waals surface area contributed by atoms with Crippen LogP contribution < -0.4 is 10.2 Å². The van der Waals surface area contributed by atoms with E-state index in [9.17, 15) is 4.79 Å². The highest BCUT2D eigenvalue weighted by molar-refractivity contribution is 5.96. The Bertz CT molecular complexity index is 1380. The van der Waals surface area contributed by atoms with E-state index in [1.807, 2.05) is 24.3 Å². The molecule has 0 atom stereocenters. The molecule has 36 heavy (non-hydrogen) atoms. The first-order valence-electron chi connectivity index (χ1n) is 13.1. The molecule has 1 aliphatic carbocycles. The molecule has 1 amide bonds. The van der Waals surface area contributed by atoms with Crippen molar-refractivity contribution in [1.82, 2.24) is 15.3 Å². The molecule has 2 heterocycles. The molecule has 1 aliphatic heterocycles. The van der Waals surface area contributed by atoms with E-state index in [0.717, 1.165) is 67.3 Å². The number of fused-ring (bicyclic) bond motifs is 1. The summed E-state index contributed by atoms with van der Waals surface area (Å²) in [5.74, 6) is 1.38. The van der Waals surface area contributed by atoms with E-state index in [2.05, 4.69) is 65.7 Å². The van der Waals surface area contributed by atoms with Crippen molar-refractivity contribution in [3.8, 4) is 0 Å². The molecule has 5 nitrogen and oxygen atoms in total. The number of rotatable bonds is 6. The summed E-state index contributed by atoms with van der Waals surface area (Å²) in [4.78, 5) is 25.7. The Hall–Kier alpha value is -3.73. The lowest BCUT2D eigenvalue weighted by Gasteiger charge is -2.31. The van der Waals surface area contributed by atoms with Crippen molar-refractivity contribution >= 4 is 22.6 Å². The standard InChI is InChI=1S/C31H32N4O/c1-22-14-18-35(19-15-22)30-33-21-27(28(34-30)31(16-17-31)25-11-3-2-4-12-25)29(36)32-20-24-10-7-9-23-8-5-6-13-26(23)24/h2-13,21-22H,14-20H2,1H3,(H,32,36). The Morgan fingerprint density at radius 2 is 1.69 bits per heavy atom. The number of amides is 1. The van der Waals surface area contributed by atoms with Crippen LogP contribution in [0.25, 0.3) is 10.8 Å². The van der Waals surface area contributed by atoms with Gasteiger partial charge in [-0.2, -0.15) is 0 Å². The minimum atomic E-state index is -0.214. The maximum Gasteiger partial charge on any atom is 0.255 e. The van der Waals surface area contributed by atoms with Gasteiger partial charge in [0.25, 0.3) is 5.91 Å². The van der Waals surface area contributed by atoms with E-state index in [1.165, 1.54) is 10.9 Å². The summed E-state index contributed by atoms with van der Waals surface area (Å²) >= 11 is 0. The fraction of sp³-hybridized carbons (Fsp3) is 0.323. The largest absolute Gasteiger partial charge is 0.348 e. The zero-order chi connectivity index (χ0) is 24.5. The van der Waals surface area contributed by atoms with Gasteiger partial charge in [-0.05, 0) is 53.5 Å². The molecule has 2 fully saturated rings. The maximum absolute atomic E-state index is 13.6. The minimum absolute atomic E-state index is 0.112. The van der Waals surface area contributed by atoms with Gasteiger partial charge in [0.1, 0.15) is 0 Å². The van der Waals surface area contributed by atoms with Crippen LogP contribution in [-0.2, 0) is 12.0 Å². The Morgan fingerprint density at radius 1 is 0.972 bits per heavy atom. The van der Waals surface area contributed by atoms with Gasteiger partial charge in [0.05, 0.1) is 11.3 Å². The number of piperidine rings is 1. The number of benzene rings is 3. The highest BCUT2D eigenvalue weighted by atomic mass is 16.1. The summed E-state index contributed by atoms with van der Waals surface area (Å²) in [6.07, 6.45) is 6.05. The van der Waals surface area contributed by atoms with Crippen LogP contribution in [0.5, 0.6) is 0 Å². The number of hydrogen-bond donors (Lipinski definition) is 1. The predicted octanol–water partition coefficient (Wildman–Crippen LogP) is 5.88. The Kier molecular flexibility index (Phi) is 5.92. The molecular formula is C31H32N4O. The number of nitrogens with one attached hydrogen (secondary N) is 1. The summed E-state index contributed by atoms with van der Waals surface area (Å²) in [6, 6.07) is 25.0. The van der Waals surface area contributed by atoms with Gasteiger partial charge in [-0.1, -0.05) is 79.7 Å². The van der Waals surface area contributed by atoms with Crippen molar-refractivity contribution in [2.24, 2.45) is 5.92 Å². The van der Waals surface area contributed by atoms with Crippen LogP contribution in [0.4, 0.5) is 5.95 Å². The number of carbonyl (C=O) groups is 1. The highest BCUT2D eigenvalue weighted by Gasteiger charge is 2.49. The van der Waals surface area contributed by atoms with Crippen LogP contribution in [-0.4, -0.2) is 29.0 Å². The smallest absolute Gasteiger partial charge is 0.255 e. The Labute approximate surface area is 212 Å². The molecule has 1 N–H and O–H groups in total. The van der Waals surface area contributed by atoms with Gasteiger partial charge in [-0.25, -0.2) is 9.97 Å². The molecule has 182 valence electrons. The number of carbonyl (C=O) groups excluding carboxylic acids is 1. The first-order chi connectivity index (χ1) is 17.6. The molecule has 0 spiro atoms. The van der Waals surface area contributed by atoms with Crippen molar-refractivity contribution < 1.29 is 4.79 Å². The van der Waals surface area contributed by atoms with Crippen LogP contribution in [0.3, 0.4) is 0 Å². The lowest BCUT2D eigenvalue weighted by atomic mass is 9.89. The quantitative estimate of drug-likeness (QED) is 0.378. The number of hydrogen-bond acceptors (Lipinski definition) is 4. The average molecular weight is 477 g/mol. The molecule has 5 heteroatoms. The van der Waals surface area contributed by atoms with E-state index in [0.29, 0.717) is 12.1 Å². The van der Waals surface area contributed by atoms with E-state index in [4.69, 9.17) is 9.97 Å². The Balaban J connectivity index is 1.33. The highest BCUT2D eigenvalue weighted by Crippen LogP contribution is 2.53. The van der Waals surface area contributed by atoms with Gasteiger partial charge in [0.15, 0.2) is 0 Å². The topological polar surface area (TPSA) is 58.1 Å². The third-order valence-electron chi connectivity index (χ3n) is 7.94. The molecule has 1 saturated carbocycles. The van der Waals surface area contributed by atoms with Gasteiger partial charge >= 0.3 is 0 Å². The van der Waals surface area contributed by atoms with Gasteiger partial charge in [-0.3, -0.25) is 4.79 Å². The van der Waals surface area contributed by atoms with Crippen LogP contribution in [0.1, 0.15) is 59.8 Å².